The van der Waals surface area contributed by atoms with Gasteiger partial charge in [0.25, 0.3) is 0 Å². The minimum atomic E-state index is 0.783. The number of ether oxygens (including phenoxy) is 1. The Bertz CT molecular complexity index is 187. The quantitative estimate of drug-likeness (QED) is 0.753. The third-order valence-corrected chi connectivity index (χ3v) is 3.81. The molecule has 0 aromatic heterocycles. The van der Waals surface area contributed by atoms with Crippen molar-refractivity contribution in [1.82, 2.24) is 5.32 Å². The molecule has 2 unspecified atom stereocenters. The topological polar surface area (TPSA) is 21.3 Å². The molecule has 0 bridgehead atoms. The van der Waals surface area contributed by atoms with Gasteiger partial charge in [-0.2, -0.15) is 0 Å². The van der Waals surface area contributed by atoms with E-state index in [1.807, 2.05) is 0 Å². The summed E-state index contributed by atoms with van der Waals surface area (Å²) in [5.74, 6) is 3.76. The number of nitrogens with one attached hydrogen (secondary N) is 1. The summed E-state index contributed by atoms with van der Waals surface area (Å²) in [5, 5.41) is 3.58. The maximum Gasteiger partial charge on any atom is 0.0468 e. The Labute approximate surface area is 93.8 Å². The van der Waals surface area contributed by atoms with Crippen LogP contribution in [0.2, 0.25) is 0 Å². The van der Waals surface area contributed by atoms with Crippen LogP contribution in [0.1, 0.15) is 33.1 Å². The third-order valence-electron chi connectivity index (χ3n) is 3.81. The molecule has 2 heteroatoms. The Morgan fingerprint density at radius 3 is 2.67 bits per heavy atom. The van der Waals surface area contributed by atoms with Gasteiger partial charge in [-0.05, 0) is 56.0 Å². The van der Waals surface area contributed by atoms with Gasteiger partial charge in [-0.15, -0.1) is 0 Å². The van der Waals surface area contributed by atoms with Crippen molar-refractivity contribution in [2.75, 3.05) is 26.3 Å². The van der Waals surface area contributed by atoms with Crippen molar-refractivity contribution in [2.24, 2.45) is 23.7 Å². The smallest absolute Gasteiger partial charge is 0.0468 e. The standard InChI is InChI=1S/C13H25NO/c1-10(2)8-14-9-12-7-13(12)11-3-5-15-6-4-11/h10-14H,3-9H2,1-2H3. The van der Waals surface area contributed by atoms with Crippen LogP contribution in [0, 0.1) is 23.7 Å². The van der Waals surface area contributed by atoms with Crippen LogP contribution in [0.4, 0.5) is 0 Å². The lowest BCUT2D eigenvalue weighted by atomic mass is 9.93. The highest BCUT2D eigenvalue weighted by molar-refractivity contribution is 4.93. The zero-order valence-corrected chi connectivity index (χ0v) is 10.2. The van der Waals surface area contributed by atoms with E-state index in [2.05, 4.69) is 19.2 Å². The van der Waals surface area contributed by atoms with Crippen LogP contribution in [0.15, 0.2) is 0 Å². The van der Waals surface area contributed by atoms with E-state index >= 15 is 0 Å². The molecule has 2 atom stereocenters. The van der Waals surface area contributed by atoms with Crippen molar-refractivity contribution in [1.29, 1.82) is 0 Å². The minimum Gasteiger partial charge on any atom is -0.381 e. The highest BCUT2D eigenvalue weighted by atomic mass is 16.5. The van der Waals surface area contributed by atoms with Crippen molar-refractivity contribution >= 4 is 0 Å². The summed E-state index contributed by atoms with van der Waals surface area (Å²) in [4.78, 5) is 0. The summed E-state index contributed by atoms with van der Waals surface area (Å²) in [7, 11) is 0. The second-order valence-corrected chi connectivity index (χ2v) is 5.66. The lowest BCUT2D eigenvalue weighted by Crippen LogP contribution is -2.24. The second kappa shape index (κ2) is 5.31. The van der Waals surface area contributed by atoms with Crippen LogP contribution >= 0.6 is 0 Å². The Balaban J connectivity index is 1.58. The largest absolute Gasteiger partial charge is 0.381 e. The van der Waals surface area contributed by atoms with Crippen LogP contribution in [-0.4, -0.2) is 26.3 Å². The normalized spacial score (nSPS) is 32.2. The van der Waals surface area contributed by atoms with Crippen LogP contribution in [0.3, 0.4) is 0 Å². The molecule has 1 heterocycles. The van der Waals surface area contributed by atoms with E-state index in [9.17, 15) is 0 Å². The first-order chi connectivity index (χ1) is 7.27. The number of hydrogen-bond acceptors (Lipinski definition) is 2. The molecule has 1 aliphatic heterocycles. The SMILES string of the molecule is CC(C)CNCC1CC1C1CCOCC1. The fourth-order valence-electron chi connectivity index (χ4n) is 2.78. The molecule has 0 aromatic carbocycles. The van der Waals surface area contributed by atoms with Crippen molar-refractivity contribution in [3.63, 3.8) is 0 Å². The van der Waals surface area contributed by atoms with Gasteiger partial charge in [0, 0.05) is 13.2 Å². The third kappa shape index (κ3) is 3.46. The summed E-state index contributed by atoms with van der Waals surface area (Å²) >= 11 is 0. The molecular weight excluding hydrogens is 186 g/mol. The Morgan fingerprint density at radius 1 is 1.27 bits per heavy atom. The van der Waals surface area contributed by atoms with Gasteiger partial charge in [0.05, 0.1) is 0 Å². The maximum atomic E-state index is 5.41. The van der Waals surface area contributed by atoms with Crippen molar-refractivity contribution in [2.45, 2.75) is 33.1 Å². The van der Waals surface area contributed by atoms with Gasteiger partial charge in [0.1, 0.15) is 0 Å². The van der Waals surface area contributed by atoms with E-state index in [0.717, 1.165) is 36.9 Å². The fourth-order valence-corrected chi connectivity index (χ4v) is 2.78. The van der Waals surface area contributed by atoms with E-state index in [1.165, 1.54) is 32.4 Å². The van der Waals surface area contributed by atoms with Gasteiger partial charge < -0.3 is 10.1 Å². The predicted octanol–water partition coefficient (Wildman–Crippen LogP) is 2.29. The summed E-state index contributed by atoms with van der Waals surface area (Å²) in [5.41, 5.74) is 0. The molecule has 15 heavy (non-hydrogen) atoms. The van der Waals surface area contributed by atoms with Gasteiger partial charge >= 0.3 is 0 Å². The van der Waals surface area contributed by atoms with Crippen molar-refractivity contribution < 1.29 is 4.74 Å². The van der Waals surface area contributed by atoms with Crippen LogP contribution < -0.4 is 5.32 Å². The van der Waals surface area contributed by atoms with E-state index in [0.29, 0.717) is 0 Å². The molecule has 1 N–H and O–H groups in total. The molecule has 2 rings (SSSR count). The summed E-state index contributed by atoms with van der Waals surface area (Å²) < 4.78 is 5.41. The van der Waals surface area contributed by atoms with Crippen molar-refractivity contribution in [3.8, 4) is 0 Å². The van der Waals surface area contributed by atoms with Gasteiger partial charge in [0.2, 0.25) is 0 Å². The van der Waals surface area contributed by atoms with E-state index in [1.54, 1.807) is 0 Å². The van der Waals surface area contributed by atoms with E-state index in [4.69, 9.17) is 4.74 Å². The molecule has 2 fully saturated rings. The van der Waals surface area contributed by atoms with Gasteiger partial charge in [-0.1, -0.05) is 13.8 Å². The molecule has 0 spiro atoms. The zero-order chi connectivity index (χ0) is 10.7. The first-order valence-electron chi connectivity index (χ1n) is 6.56. The molecule has 2 nitrogen and oxygen atoms in total. The minimum absolute atomic E-state index is 0.783. The molecule has 0 aromatic rings. The molecular formula is C13H25NO. The van der Waals surface area contributed by atoms with E-state index in [-0.39, 0.29) is 0 Å². The number of hydrogen-bond donors (Lipinski definition) is 1. The molecule has 0 radical (unpaired) electrons. The van der Waals surface area contributed by atoms with Crippen LogP contribution in [0.5, 0.6) is 0 Å². The molecule has 1 saturated heterocycles. The molecule has 2 aliphatic rings. The average Bonchev–Trinajstić information content (AvgIpc) is 2.98. The second-order valence-electron chi connectivity index (χ2n) is 5.66. The first kappa shape index (κ1) is 11.4. The van der Waals surface area contributed by atoms with Gasteiger partial charge in [-0.25, -0.2) is 0 Å². The predicted molar refractivity (Wildman–Crippen MR) is 62.8 cm³/mol. The summed E-state index contributed by atoms with van der Waals surface area (Å²) in [6, 6.07) is 0. The molecule has 1 aliphatic carbocycles. The van der Waals surface area contributed by atoms with E-state index < -0.39 is 0 Å². The Hall–Kier alpha value is -0.0800. The highest BCUT2D eigenvalue weighted by Gasteiger charge is 2.42. The van der Waals surface area contributed by atoms with Gasteiger partial charge in [0.15, 0.2) is 0 Å². The Kier molecular flexibility index (Phi) is 4.04. The van der Waals surface area contributed by atoms with Crippen LogP contribution in [-0.2, 0) is 4.74 Å². The average molecular weight is 211 g/mol. The first-order valence-corrected chi connectivity index (χ1v) is 6.56. The van der Waals surface area contributed by atoms with Gasteiger partial charge in [-0.3, -0.25) is 0 Å². The lowest BCUT2D eigenvalue weighted by Gasteiger charge is -2.22. The summed E-state index contributed by atoms with van der Waals surface area (Å²) in [6.45, 7) is 8.99. The monoisotopic (exact) mass is 211 g/mol. The molecule has 0 amide bonds. The maximum absolute atomic E-state index is 5.41. The molecule has 1 saturated carbocycles. The fraction of sp³-hybridized carbons (Fsp3) is 1.00. The van der Waals surface area contributed by atoms with Crippen LogP contribution in [0.25, 0.3) is 0 Å². The Morgan fingerprint density at radius 2 is 2.00 bits per heavy atom. The number of rotatable bonds is 5. The summed E-state index contributed by atoms with van der Waals surface area (Å²) in [6.07, 6.45) is 4.09. The van der Waals surface area contributed by atoms with Crippen molar-refractivity contribution in [3.05, 3.63) is 0 Å². The zero-order valence-electron chi connectivity index (χ0n) is 10.2. The highest BCUT2D eigenvalue weighted by Crippen LogP contribution is 2.47. The lowest BCUT2D eigenvalue weighted by molar-refractivity contribution is 0.0581. The molecule has 88 valence electrons.